The van der Waals surface area contributed by atoms with E-state index in [1.807, 2.05) is 26.0 Å². The first-order valence-electron chi connectivity index (χ1n) is 14.1. The molecule has 0 fully saturated rings. The first-order chi connectivity index (χ1) is 19.8. The molecule has 2 atom stereocenters. The molecule has 0 bridgehead atoms. The van der Waals surface area contributed by atoms with Crippen LogP contribution in [-0.2, 0) is 36.4 Å². The Morgan fingerprint density at radius 3 is 2.48 bits per heavy atom. The van der Waals surface area contributed by atoms with E-state index in [2.05, 4.69) is 19.6 Å². The number of fused-ring (bicyclic) bond motifs is 1. The molecule has 0 N–H and O–H groups in total. The fourth-order valence-corrected chi connectivity index (χ4v) is 7.20. The van der Waals surface area contributed by atoms with Crippen molar-refractivity contribution in [3.63, 3.8) is 0 Å². The summed E-state index contributed by atoms with van der Waals surface area (Å²) >= 11 is 0. The molecule has 9 nitrogen and oxygen atoms in total. The minimum Gasteiger partial charge on any atom is -0.496 e. The lowest BCUT2D eigenvalue weighted by Crippen LogP contribution is -2.24. The lowest BCUT2D eigenvalue weighted by Gasteiger charge is -2.23. The van der Waals surface area contributed by atoms with Crippen molar-refractivity contribution in [2.75, 3.05) is 26.5 Å². The first-order valence-corrected chi connectivity index (χ1v) is 19.6. The summed E-state index contributed by atoms with van der Waals surface area (Å²) in [6, 6.07) is 9.59. The summed E-state index contributed by atoms with van der Waals surface area (Å²) in [4.78, 5) is 25.1. The van der Waals surface area contributed by atoms with Crippen molar-refractivity contribution < 1.29 is 42.1 Å². The van der Waals surface area contributed by atoms with Crippen LogP contribution in [0.25, 0.3) is 0 Å². The van der Waals surface area contributed by atoms with E-state index in [9.17, 15) is 14.2 Å². The first kappa shape index (κ1) is 33.4. The van der Waals surface area contributed by atoms with Gasteiger partial charge in [0.2, 0.25) is 0 Å². The maximum atomic E-state index is 14.0. The van der Waals surface area contributed by atoms with E-state index < -0.39 is 33.7 Å². The van der Waals surface area contributed by atoms with Crippen LogP contribution in [0.1, 0.15) is 47.8 Å². The normalized spacial score (nSPS) is 15.3. The molecule has 1 aliphatic heterocycles. The lowest BCUT2D eigenvalue weighted by molar-refractivity contribution is -0.150. The number of esters is 2. The molecule has 2 unspecified atom stereocenters. The molecule has 42 heavy (non-hydrogen) atoms. The molecular formula is C31H43O9PSi. The van der Waals surface area contributed by atoms with Gasteiger partial charge in [-0.2, -0.15) is 0 Å². The third kappa shape index (κ3) is 8.72. The maximum Gasteiger partial charge on any atom is 0.384 e. The van der Waals surface area contributed by atoms with Crippen LogP contribution in [0.5, 0.6) is 17.2 Å². The fraction of sp³-hybridized carbons (Fsp3) is 0.484. The lowest BCUT2D eigenvalue weighted by atomic mass is 9.95. The molecule has 0 aliphatic carbocycles. The van der Waals surface area contributed by atoms with Crippen LogP contribution in [-0.4, -0.2) is 52.6 Å². The van der Waals surface area contributed by atoms with E-state index in [0.29, 0.717) is 47.0 Å². The molecule has 0 aromatic heterocycles. The second-order valence-electron chi connectivity index (χ2n) is 11.5. The topological polar surface area (TPSA) is 107 Å². The Hall–Kier alpha value is -3.07. The summed E-state index contributed by atoms with van der Waals surface area (Å²) in [7, 11) is -3.67. The zero-order valence-electron chi connectivity index (χ0n) is 25.9. The third-order valence-electron chi connectivity index (χ3n) is 6.75. The highest BCUT2D eigenvalue weighted by Gasteiger charge is 2.35. The summed E-state index contributed by atoms with van der Waals surface area (Å²) in [6.07, 6.45) is 1.04. The molecular weight excluding hydrogens is 575 g/mol. The van der Waals surface area contributed by atoms with Crippen molar-refractivity contribution in [3.05, 3.63) is 64.2 Å². The second kappa shape index (κ2) is 14.4. The molecule has 1 heterocycles. The number of para-hydroxylation sites is 1. The van der Waals surface area contributed by atoms with Crippen LogP contribution in [0.15, 0.2) is 42.0 Å². The van der Waals surface area contributed by atoms with Gasteiger partial charge in [-0.15, -0.1) is 0 Å². The Labute approximate surface area is 250 Å². The molecule has 230 valence electrons. The number of hydrogen-bond donors (Lipinski definition) is 0. The number of methoxy groups -OCH3 is 1. The smallest absolute Gasteiger partial charge is 0.384 e. The molecule has 0 amide bonds. The van der Waals surface area contributed by atoms with Crippen LogP contribution in [0, 0.1) is 6.92 Å². The summed E-state index contributed by atoms with van der Waals surface area (Å²) in [5, 5.41) is 0. The largest absolute Gasteiger partial charge is 0.496 e. The van der Waals surface area contributed by atoms with Gasteiger partial charge in [-0.3, -0.25) is 4.52 Å². The number of carbonyl (C=O) groups excluding carboxylic acids is 2. The minimum absolute atomic E-state index is 0.0776. The Bertz CT molecular complexity index is 1350. The van der Waals surface area contributed by atoms with Gasteiger partial charge in [0.25, 0.3) is 0 Å². The van der Waals surface area contributed by atoms with Gasteiger partial charge in [0.05, 0.1) is 26.5 Å². The van der Waals surface area contributed by atoms with Gasteiger partial charge < -0.3 is 23.5 Å². The Kier molecular flexibility index (Phi) is 11.5. The number of carbonyl (C=O) groups is 2. The van der Waals surface area contributed by atoms with Gasteiger partial charge >= 0.3 is 19.5 Å². The van der Waals surface area contributed by atoms with Crippen molar-refractivity contribution in [3.8, 4) is 17.2 Å². The van der Waals surface area contributed by atoms with Crippen LogP contribution in [0.4, 0.5) is 0 Å². The van der Waals surface area contributed by atoms with E-state index in [-0.39, 0.29) is 19.4 Å². The summed E-state index contributed by atoms with van der Waals surface area (Å²) < 4.78 is 48.1. The molecule has 0 spiro atoms. The van der Waals surface area contributed by atoms with Crippen LogP contribution >= 0.6 is 7.60 Å². The predicted octanol–water partition coefficient (Wildman–Crippen LogP) is 7.12. The number of benzene rings is 2. The van der Waals surface area contributed by atoms with Gasteiger partial charge in [-0.1, -0.05) is 49.5 Å². The van der Waals surface area contributed by atoms with E-state index in [4.69, 9.17) is 28.0 Å². The maximum absolute atomic E-state index is 14.0. The van der Waals surface area contributed by atoms with Gasteiger partial charge in [0, 0.05) is 19.2 Å². The number of hydrogen-bond acceptors (Lipinski definition) is 9. The number of rotatable bonds is 15. The minimum atomic E-state index is -3.85. The average Bonchev–Trinajstić information content (AvgIpc) is 3.30. The van der Waals surface area contributed by atoms with E-state index in [1.54, 1.807) is 38.3 Å². The zero-order chi connectivity index (χ0) is 31.1. The molecule has 1 aliphatic rings. The number of ether oxygens (including phenoxy) is 4. The number of cyclic esters (lactones) is 1. The van der Waals surface area contributed by atoms with Gasteiger partial charge in [-0.25, -0.2) is 14.2 Å². The predicted molar refractivity (Wildman–Crippen MR) is 165 cm³/mol. The van der Waals surface area contributed by atoms with Crippen LogP contribution in [0.3, 0.4) is 0 Å². The summed E-state index contributed by atoms with van der Waals surface area (Å²) in [6.45, 7) is 14.5. The van der Waals surface area contributed by atoms with Crippen molar-refractivity contribution >= 4 is 27.6 Å². The van der Waals surface area contributed by atoms with Crippen molar-refractivity contribution in [1.82, 2.24) is 0 Å². The quantitative estimate of drug-likeness (QED) is 0.0892. The van der Waals surface area contributed by atoms with Gasteiger partial charge in [0.15, 0.2) is 6.10 Å². The third-order valence-corrected chi connectivity index (χ3v) is 10.5. The Balaban J connectivity index is 1.95. The highest BCUT2D eigenvalue weighted by molar-refractivity contribution is 7.54. The number of allylic oxidation sites excluding steroid dienone is 2. The summed E-state index contributed by atoms with van der Waals surface area (Å²) in [5.41, 5.74) is 3.44. The molecule has 2 aromatic rings. The Morgan fingerprint density at radius 1 is 1.17 bits per heavy atom. The second-order valence-corrected chi connectivity index (χ2v) is 19.0. The molecule has 3 rings (SSSR count). The highest BCUT2D eigenvalue weighted by Crippen LogP contribution is 2.51. The monoisotopic (exact) mass is 618 g/mol. The summed E-state index contributed by atoms with van der Waals surface area (Å²) in [5.74, 6) is 0.407. The standard InChI is InChI=1S/C31H43O9PSi/c1-9-36-30(32)23(4)39-41(34,40-24-13-11-10-12-14-24)20-21(2)15-16-25-28(35-5)22(3)26-19-38-31(33)27(26)29(25)37-17-18-42(6,7)8/h10-15,23H,9,16-20H2,1-8H3/b21-15+. The average molecular weight is 619 g/mol. The molecule has 0 saturated carbocycles. The highest BCUT2D eigenvalue weighted by atomic mass is 31.2. The van der Waals surface area contributed by atoms with Gasteiger partial charge in [-0.05, 0) is 57.9 Å². The van der Waals surface area contributed by atoms with Crippen LogP contribution < -0.4 is 14.0 Å². The Morgan fingerprint density at radius 2 is 1.86 bits per heavy atom. The molecule has 0 radical (unpaired) electrons. The van der Waals surface area contributed by atoms with E-state index >= 15 is 0 Å². The van der Waals surface area contributed by atoms with Crippen LogP contribution in [0.2, 0.25) is 25.7 Å². The molecule has 0 saturated heterocycles. The van der Waals surface area contributed by atoms with Crippen molar-refractivity contribution in [2.45, 2.75) is 72.5 Å². The molecule has 2 aromatic carbocycles. The zero-order valence-corrected chi connectivity index (χ0v) is 27.8. The molecule has 11 heteroatoms. The van der Waals surface area contributed by atoms with Crippen molar-refractivity contribution in [2.24, 2.45) is 0 Å². The SMILES string of the molecule is CCOC(=O)C(C)OP(=O)(C/C(C)=C/Cc1c(OC)c(C)c2c(c1OCC[Si](C)(C)C)C(=O)OC2)Oc1ccccc1. The van der Waals surface area contributed by atoms with E-state index in [0.717, 1.165) is 17.2 Å². The van der Waals surface area contributed by atoms with Crippen molar-refractivity contribution in [1.29, 1.82) is 0 Å². The van der Waals surface area contributed by atoms with E-state index in [1.165, 1.54) is 6.92 Å². The van der Waals surface area contributed by atoms with Gasteiger partial charge in [0.1, 0.15) is 29.4 Å². The fourth-order valence-electron chi connectivity index (χ4n) is 4.55.